The Bertz CT molecular complexity index is 2370. The minimum absolute atomic E-state index is 0.0111. The Kier molecular flexibility index (Phi) is 69.5. The predicted octanol–water partition coefficient (Wildman–Crippen LogP) is 22.3. The van der Waals surface area contributed by atoms with Gasteiger partial charge in [0.15, 0.2) is 12.2 Å². The van der Waals surface area contributed by atoms with E-state index >= 15 is 0 Å². The average molecular weight is 1450 g/mol. The first-order chi connectivity index (χ1) is 48.7. The van der Waals surface area contributed by atoms with E-state index < -0.39 is 97.5 Å². The molecule has 5 unspecified atom stereocenters. The summed E-state index contributed by atoms with van der Waals surface area (Å²) < 4.78 is 68.4. The molecular formula is C81H138O17P2. The smallest absolute Gasteiger partial charge is 0.462 e. The van der Waals surface area contributed by atoms with Crippen LogP contribution in [0.25, 0.3) is 0 Å². The first kappa shape index (κ1) is 95.5. The van der Waals surface area contributed by atoms with Gasteiger partial charge in [0.05, 0.1) is 26.4 Å². The molecule has 0 radical (unpaired) electrons. The number of ether oxygens (including phenoxy) is 4. The normalized spacial score (nSPS) is 14.6. The number of allylic oxidation sites excluding steroid dienone is 20. The molecule has 0 aliphatic carbocycles. The zero-order valence-electron chi connectivity index (χ0n) is 62.6. The van der Waals surface area contributed by atoms with Crippen molar-refractivity contribution in [1.29, 1.82) is 0 Å². The van der Waals surface area contributed by atoms with E-state index in [0.717, 1.165) is 167 Å². The van der Waals surface area contributed by atoms with Crippen molar-refractivity contribution in [3.63, 3.8) is 0 Å². The number of phosphoric acid groups is 2. The molecule has 0 bridgehead atoms. The lowest BCUT2D eigenvalue weighted by Crippen LogP contribution is -2.30. The van der Waals surface area contributed by atoms with Gasteiger partial charge >= 0.3 is 39.5 Å². The number of hydrogen-bond donors (Lipinski definition) is 3. The van der Waals surface area contributed by atoms with Gasteiger partial charge in [-0.05, 0) is 148 Å². The zero-order chi connectivity index (χ0) is 73.2. The number of aliphatic hydroxyl groups excluding tert-OH is 1. The second-order valence-electron chi connectivity index (χ2n) is 25.6. The monoisotopic (exact) mass is 1440 g/mol. The topological polar surface area (TPSA) is 237 Å². The Morgan fingerprint density at radius 2 is 0.540 bits per heavy atom. The van der Waals surface area contributed by atoms with Crippen molar-refractivity contribution in [1.82, 2.24) is 0 Å². The standard InChI is InChI=1S/C81H138O17P2/c1-5-9-13-17-21-25-29-32-34-36-37-39-40-43-47-50-54-58-62-66-79(84)92-72-77(98-81(86)68-64-60-56-52-48-44-41-38-35-33-30-26-22-18-14-10-6-2)74-96-100(89,90)94-70-75(82)69-93-99(87,88)95-73-76(97-80(85)67-63-59-55-51-45-28-24-20-16-12-8-4)71-91-78(83)65-61-57-53-49-46-42-31-27-23-19-15-11-7-3/h10,14,20-22,24-27,31-35,37,39,41,44,52,56,75-77,82H,5-9,11-13,15-19,23,28-30,36,38,40,42-43,45-51,53-55,57-74H2,1-4H3,(H,87,88)(H,89,90)/b14-10-,24-20-,25-21-,26-22-,31-27-,34-32-,35-33-,39-37-,44-41-,56-52-. The molecule has 0 saturated heterocycles. The molecular weight excluding hydrogens is 1310 g/mol. The molecule has 0 aliphatic heterocycles. The van der Waals surface area contributed by atoms with Crippen molar-refractivity contribution in [3.05, 3.63) is 122 Å². The number of aliphatic hydroxyl groups is 1. The van der Waals surface area contributed by atoms with E-state index in [9.17, 15) is 43.2 Å². The van der Waals surface area contributed by atoms with E-state index in [4.69, 9.17) is 37.0 Å². The second-order valence-corrected chi connectivity index (χ2v) is 28.5. The second kappa shape index (κ2) is 72.8. The van der Waals surface area contributed by atoms with Crippen molar-refractivity contribution in [2.75, 3.05) is 39.6 Å². The Morgan fingerprint density at radius 3 is 0.900 bits per heavy atom. The van der Waals surface area contributed by atoms with Crippen molar-refractivity contribution in [2.24, 2.45) is 0 Å². The molecule has 0 aromatic heterocycles. The highest BCUT2D eigenvalue weighted by atomic mass is 31.2. The summed E-state index contributed by atoms with van der Waals surface area (Å²) >= 11 is 0. The maximum atomic E-state index is 13.1. The minimum Gasteiger partial charge on any atom is -0.462 e. The maximum absolute atomic E-state index is 13.1. The summed E-state index contributed by atoms with van der Waals surface area (Å²) in [5.41, 5.74) is 0. The van der Waals surface area contributed by atoms with Crippen LogP contribution in [0.15, 0.2) is 122 Å². The van der Waals surface area contributed by atoms with Gasteiger partial charge in [-0.3, -0.25) is 37.3 Å². The van der Waals surface area contributed by atoms with Gasteiger partial charge in [0.25, 0.3) is 0 Å². The maximum Gasteiger partial charge on any atom is 0.472 e. The fraction of sp³-hybridized carbons (Fsp3) is 0.704. The van der Waals surface area contributed by atoms with Gasteiger partial charge in [-0.15, -0.1) is 0 Å². The molecule has 17 nitrogen and oxygen atoms in total. The molecule has 100 heavy (non-hydrogen) atoms. The summed E-state index contributed by atoms with van der Waals surface area (Å²) in [6, 6.07) is 0. The summed E-state index contributed by atoms with van der Waals surface area (Å²) in [6.07, 6.45) is 79.1. The van der Waals surface area contributed by atoms with Gasteiger partial charge < -0.3 is 33.8 Å². The molecule has 3 N–H and O–H groups in total. The van der Waals surface area contributed by atoms with Crippen molar-refractivity contribution in [3.8, 4) is 0 Å². The number of phosphoric ester groups is 2. The number of rotatable bonds is 72. The molecule has 574 valence electrons. The largest absolute Gasteiger partial charge is 0.472 e. The van der Waals surface area contributed by atoms with Crippen molar-refractivity contribution < 1.29 is 80.2 Å². The van der Waals surface area contributed by atoms with Gasteiger partial charge in [0.1, 0.15) is 19.3 Å². The van der Waals surface area contributed by atoms with Crippen LogP contribution in [0.3, 0.4) is 0 Å². The number of esters is 4. The third-order valence-corrected chi connectivity index (χ3v) is 17.8. The molecule has 0 rings (SSSR count). The lowest BCUT2D eigenvalue weighted by molar-refractivity contribution is -0.161. The van der Waals surface area contributed by atoms with Gasteiger partial charge in [-0.2, -0.15) is 0 Å². The van der Waals surface area contributed by atoms with Crippen LogP contribution >= 0.6 is 15.6 Å². The van der Waals surface area contributed by atoms with Gasteiger partial charge in [0.2, 0.25) is 0 Å². The van der Waals surface area contributed by atoms with E-state index in [1.807, 2.05) is 12.2 Å². The van der Waals surface area contributed by atoms with Crippen LogP contribution in [0.4, 0.5) is 0 Å². The minimum atomic E-state index is -5.00. The Labute approximate surface area is 606 Å². The number of unbranched alkanes of at least 4 members (excludes halogenated alkanes) is 26. The van der Waals surface area contributed by atoms with Crippen LogP contribution in [-0.2, 0) is 65.4 Å². The summed E-state index contributed by atoms with van der Waals surface area (Å²) in [5, 5.41) is 10.6. The molecule has 0 heterocycles. The molecule has 0 spiro atoms. The van der Waals surface area contributed by atoms with E-state index in [0.29, 0.717) is 32.1 Å². The Morgan fingerprint density at radius 1 is 0.290 bits per heavy atom. The summed E-state index contributed by atoms with van der Waals surface area (Å²) in [7, 11) is -9.98. The van der Waals surface area contributed by atoms with Crippen LogP contribution in [0.1, 0.15) is 310 Å². The summed E-state index contributed by atoms with van der Waals surface area (Å²) in [5.74, 6) is -2.27. The number of carbonyl (C=O) groups is 4. The van der Waals surface area contributed by atoms with Gasteiger partial charge in [-0.1, -0.05) is 258 Å². The van der Waals surface area contributed by atoms with Crippen LogP contribution in [0.5, 0.6) is 0 Å². The fourth-order valence-electron chi connectivity index (χ4n) is 9.94. The highest BCUT2D eigenvalue weighted by Crippen LogP contribution is 2.45. The van der Waals surface area contributed by atoms with Gasteiger partial charge in [0, 0.05) is 25.7 Å². The molecule has 0 fully saturated rings. The fourth-order valence-corrected chi connectivity index (χ4v) is 11.5. The number of carbonyl (C=O) groups excluding carboxylic acids is 4. The third kappa shape index (κ3) is 71.8. The van der Waals surface area contributed by atoms with Crippen molar-refractivity contribution >= 4 is 39.5 Å². The van der Waals surface area contributed by atoms with Crippen LogP contribution in [0, 0.1) is 0 Å². The van der Waals surface area contributed by atoms with Crippen LogP contribution in [-0.4, -0.2) is 96.7 Å². The zero-order valence-corrected chi connectivity index (χ0v) is 64.4. The first-order valence-corrected chi connectivity index (χ1v) is 41.8. The highest BCUT2D eigenvalue weighted by Gasteiger charge is 2.30. The lowest BCUT2D eigenvalue weighted by atomic mass is 10.1. The molecule has 0 amide bonds. The van der Waals surface area contributed by atoms with Crippen molar-refractivity contribution in [2.45, 2.75) is 329 Å². The quantitative estimate of drug-likeness (QED) is 0.0169. The van der Waals surface area contributed by atoms with Gasteiger partial charge in [-0.25, -0.2) is 9.13 Å². The molecule has 0 aromatic carbocycles. The Hall–Kier alpha value is -4.54. The predicted molar refractivity (Wildman–Crippen MR) is 408 cm³/mol. The van der Waals surface area contributed by atoms with E-state index in [-0.39, 0.29) is 25.7 Å². The van der Waals surface area contributed by atoms with Crippen LogP contribution < -0.4 is 0 Å². The Balaban J connectivity index is 5.40. The summed E-state index contributed by atoms with van der Waals surface area (Å²) in [6.45, 7) is 4.58. The molecule has 5 atom stereocenters. The molecule has 0 aliphatic rings. The molecule has 0 aromatic rings. The number of hydrogen-bond acceptors (Lipinski definition) is 15. The SMILES string of the molecule is CC/C=C\C/C=C\C/C=C\C/C=C\C/C=C\CCCC(=O)OC(COC(=O)CCCCCCCC/C=C\C/C=C\C/C=C\CCCCC)COP(=O)(O)OCC(O)COP(=O)(O)OCC(COC(=O)CCCCCCC/C=C\CCCCCC)OC(=O)CCCCCCC/C=C\CCCC. The van der Waals surface area contributed by atoms with E-state index in [1.165, 1.54) is 57.8 Å². The van der Waals surface area contributed by atoms with E-state index in [2.05, 4.69) is 137 Å². The average Bonchev–Trinajstić information content (AvgIpc) is 1.05. The van der Waals surface area contributed by atoms with E-state index in [1.54, 1.807) is 0 Å². The molecule has 19 heteroatoms. The lowest BCUT2D eigenvalue weighted by Gasteiger charge is -2.21. The summed E-state index contributed by atoms with van der Waals surface area (Å²) in [4.78, 5) is 72.8. The molecule has 0 saturated carbocycles. The van der Waals surface area contributed by atoms with Crippen LogP contribution in [0.2, 0.25) is 0 Å². The third-order valence-electron chi connectivity index (χ3n) is 15.9. The first-order valence-electron chi connectivity index (χ1n) is 38.8. The highest BCUT2D eigenvalue weighted by molar-refractivity contribution is 7.47.